The maximum absolute atomic E-state index is 11.2. The highest BCUT2D eigenvalue weighted by atomic mass is 16.6. The predicted octanol–water partition coefficient (Wildman–Crippen LogP) is 1.95. The first-order valence-electron chi connectivity index (χ1n) is 4.72. The number of furan rings is 1. The van der Waals surface area contributed by atoms with Crippen molar-refractivity contribution < 1.29 is 14.1 Å². The molecule has 17 heavy (non-hydrogen) atoms. The predicted molar refractivity (Wildman–Crippen MR) is 59.3 cm³/mol. The average molecular weight is 232 g/mol. The van der Waals surface area contributed by atoms with E-state index in [-0.39, 0.29) is 22.6 Å². The van der Waals surface area contributed by atoms with Crippen LogP contribution in [0.25, 0.3) is 11.3 Å². The third kappa shape index (κ3) is 1.87. The smallest absolute Gasteiger partial charge is 0.281 e. The van der Waals surface area contributed by atoms with Crippen LogP contribution in [0, 0.1) is 10.1 Å². The van der Waals surface area contributed by atoms with Crippen molar-refractivity contribution in [2.24, 2.45) is 5.73 Å². The summed E-state index contributed by atoms with van der Waals surface area (Å²) in [6.45, 7) is 0. The highest BCUT2D eigenvalue weighted by Crippen LogP contribution is 2.33. The minimum absolute atomic E-state index is 0.0640. The van der Waals surface area contributed by atoms with Crippen molar-refractivity contribution >= 4 is 11.6 Å². The van der Waals surface area contributed by atoms with E-state index in [1.54, 1.807) is 6.07 Å². The second-order valence-corrected chi connectivity index (χ2v) is 3.30. The molecular formula is C11H8N2O4. The summed E-state index contributed by atoms with van der Waals surface area (Å²) in [5.41, 5.74) is 5.15. The molecule has 1 aromatic carbocycles. The first-order chi connectivity index (χ1) is 8.11. The molecule has 0 atom stereocenters. The number of carbonyl (C=O) groups is 1. The van der Waals surface area contributed by atoms with Gasteiger partial charge in [0.15, 0.2) is 0 Å². The fraction of sp³-hybridized carbons (Fsp3) is 0. The Labute approximate surface area is 95.8 Å². The zero-order valence-electron chi connectivity index (χ0n) is 8.62. The quantitative estimate of drug-likeness (QED) is 0.645. The van der Waals surface area contributed by atoms with Crippen LogP contribution in [0.15, 0.2) is 41.0 Å². The van der Waals surface area contributed by atoms with Gasteiger partial charge in [-0.1, -0.05) is 6.07 Å². The molecule has 0 aliphatic rings. The molecule has 0 radical (unpaired) electrons. The van der Waals surface area contributed by atoms with E-state index in [0.717, 1.165) is 0 Å². The Morgan fingerprint density at radius 3 is 2.59 bits per heavy atom. The summed E-state index contributed by atoms with van der Waals surface area (Å²) in [6, 6.07) is 7.24. The number of nitrogens with zero attached hydrogens (tertiary/aromatic N) is 1. The molecule has 6 nitrogen and oxygen atoms in total. The minimum atomic E-state index is -0.736. The Hall–Kier alpha value is -2.63. The van der Waals surface area contributed by atoms with E-state index in [0.29, 0.717) is 0 Å². The van der Waals surface area contributed by atoms with E-state index in [1.807, 2.05) is 0 Å². The van der Waals surface area contributed by atoms with Crippen LogP contribution in [-0.4, -0.2) is 10.8 Å². The van der Waals surface area contributed by atoms with Gasteiger partial charge in [0, 0.05) is 6.07 Å². The van der Waals surface area contributed by atoms with Gasteiger partial charge in [-0.15, -0.1) is 0 Å². The molecule has 86 valence electrons. The van der Waals surface area contributed by atoms with E-state index in [4.69, 9.17) is 10.2 Å². The van der Waals surface area contributed by atoms with E-state index in [1.165, 1.54) is 30.5 Å². The van der Waals surface area contributed by atoms with Gasteiger partial charge in [-0.25, -0.2) is 0 Å². The van der Waals surface area contributed by atoms with Crippen LogP contribution in [0.5, 0.6) is 0 Å². The number of rotatable bonds is 3. The maximum Gasteiger partial charge on any atom is 0.281 e. The maximum atomic E-state index is 11.2. The summed E-state index contributed by atoms with van der Waals surface area (Å²) in [6.07, 6.45) is 1.37. The van der Waals surface area contributed by atoms with Crippen molar-refractivity contribution in [2.75, 3.05) is 0 Å². The summed E-state index contributed by atoms with van der Waals surface area (Å²) < 4.78 is 5.09. The minimum Gasteiger partial charge on any atom is -0.464 e. The van der Waals surface area contributed by atoms with Crippen molar-refractivity contribution in [3.63, 3.8) is 0 Å². The highest BCUT2D eigenvalue weighted by molar-refractivity contribution is 6.01. The number of benzene rings is 1. The number of nitro benzene ring substituents is 1. The molecule has 1 heterocycles. The zero-order chi connectivity index (χ0) is 12.4. The molecule has 0 bridgehead atoms. The van der Waals surface area contributed by atoms with Crippen molar-refractivity contribution in [3.8, 4) is 11.3 Å². The van der Waals surface area contributed by atoms with Gasteiger partial charge in [-0.05, 0) is 18.2 Å². The lowest BCUT2D eigenvalue weighted by Gasteiger charge is -2.04. The van der Waals surface area contributed by atoms with E-state index in [2.05, 4.69) is 0 Å². The topological polar surface area (TPSA) is 99.4 Å². The molecule has 0 fully saturated rings. The first kappa shape index (κ1) is 10.9. The third-order valence-electron chi connectivity index (χ3n) is 2.27. The molecule has 2 aromatic rings. The average Bonchev–Trinajstić information content (AvgIpc) is 2.80. The van der Waals surface area contributed by atoms with E-state index >= 15 is 0 Å². The number of hydrogen-bond donors (Lipinski definition) is 1. The van der Waals surface area contributed by atoms with Crippen LogP contribution in [-0.2, 0) is 0 Å². The molecular weight excluding hydrogens is 224 g/mol. The van der Waals surface area contributed by atoms with Gasteiger partial charge in [0.25, 0.3) is 5.69 Å². The molecule has 0 spiro atoms. The van der Waals surface area contributed by atoms with Crippen molar-refractivity contribution in [2.45, 2.75) is 0 Å². The second-order valence-electron chi connectivity index (χ2n) is 3.30. The van der Waals surface area contributed by atoms with E-state index < -0.39 is 10.8 Å². The third-order valence-corrected chi connectivity index (χ3v) is 2.27. The Balaban J connectivity index is 2.76. The van der Waals surface area contributed by atoms with Crippen molar-refractivity contribution in [1.29, 1.82) is 0 Å². The Bertz CT molecular complexity index is 543. The molecule has 0 saturated heterocycles. The first-order valence-corrected chi connectivity index (χ1v) is 4.72. The van der Waals surface area contributed by atoms with Gasteiger partial charge in [-0.2, -0.15) is 0 Å². The normalized spacial score (nSPS) is 10.1. The molecule has 1 aromatic heterocycles. The fourth-order valence-corrected chi connectivity index (χ4v) is 1.58. The number of amides is 1. The lowest BCUT2D eigenvalue weighted by atomic mass is 10.0. The van der Waals surface area contributed by atoms with Gasteiger partial charge in [0.2, 0.25) is 5.91 Å². The second kappa shape index (κ2) is 4.09. The van der Waals surface area contributed by atoms with Gasteiger partial charge >= 0.3 is 0 Å². The number of nitrogens with two attached hydrogens (primary N) is 1. The van der Waals surface area contributed by atoms with Crippen LogP contribution in [0.1, 0.15) is 10.4 Å². The van der Waals surface area contributed by atoms with Crippen molar-refractivity contribution in [1.82, 2.24) is 0 Å². The lowest BCUT2D eigenvalue weighted by molar-refractivity contribution is -0.384. The fourth-order valence-electron chi connectivity index (χ4n) is 1.58. The molecule has 0 aliphatic carbocycles. The van der Waals surface area contributed by atoms with Gasteiger partial charge in [0.05, 0.1) is 16.7 Å². The molecule has 0 unspecified atom stereocenters. The standard InChI is InChI=1S/C11H8N2O4/c12-11(14)7-3-1-4-8(13(15)16)10(7)9-5-2-6-17-9/h1-6H,(H2,12,14). The monoisotopic (exact) mass is 232 g/mol. The van der Waals surface area contributed by atoms with Crippen LogP contribution in [0.3, 0.4) is 0 Å². The summed E-state index contributed by atoms with van der Waals surface area (Å²) in [5.74, 6) is -0.494. The molecule has 1 amide bonds. The summed E-state index contributed by atoms with van der Waals surface area (Å²) in [5, 5.41) is 10.9. The van der Waals surface area contributed by atoms with Crippen molar-refractivity contribution in [3.05, 3.63) is 52.3 Å². The van der Waals surface area contributed by atoms with Crippen LogP contribution in [0.2, 0.25) is 0 Å². The largest absolute Gasteiger partial charge is 0.464 e. The molecule has 2 N–H and O–H groups in total. The van der Waals surface area contributed by atoms with Gasteiger partial charge in [-0.3, -0.25) is 14.9 Å². The Kier molecular flexibility index (Phi) is 2.61. The van der Waals surface area contributed by atoms with Gasteiger partial charge in [0.1, 0.15) is 11.3 Å². The summed E-state index contributed by atoms with van der Waals surface area (Å²) in [7, 11) is 0. The number of hydrogen-bond acceptors (Lipinski definition) is 4. The molecule has 0 aliphatic heterocycles. The Morgan fingerprint density at radius 1 is 1.29 bits per heavy atom. The zero-order valence-corrected chi connectivity index (χ0v) is 8.62. The van der Waals surface area contributed by atoms with E-state index in [9.17, 15) is 14.9 Å². The number of primary amides is 1. The van der Waals surface area contributed by atoms with Crippen LogP contribution in [0.4, 0.5) is 5.69 Å². The summed E-state index contributed by atoms with van der Waals surface area (Å²) in [4.78, 5) is 21.6. The number of carbonyl (C=O) groups excluding carboxylic acids is 1. The number of nitro groups is 1. The molecule has 6 heteroatoms. The van der Waals surface area contributed by atoms with Crippen LogP contribution >= 0.6 is 0 Å². The Morgan fingerprint density at radius 2 is 2.06 bits per heavy atom. The van der Waals surface area contributed by atoms with Gasteiger partial charge < -0.3 is 10.2 Å². The van der Waals surface area contributed by atoms with Crippen LogP contribution < -0.4 is 5.73 Å². The SMILES string of the molecule is NC(=O)c1cccc([N+](=O)[O-])c1-c1ccco1. The lowest BCUT2D eigenvalue weighted by Crippen LogP contribution is -2.13. The molecule has 2 rings (SSSR count). The highest BCUT2D eigenvalue weighted by Gasteiger charge is 2.23. The molecule has 0 saturated carbocycles. The summed E-state index contributed by atoms with van der Waals surface area (Å²) >= 11 is 0.